The maximum absolute atomic E-state index is 13.5. The second-order valence-electron chi connectivity index (χ2n) is 11.8. The predicted octanol–water partition coefficient (Wildman–Crippen LogP) is 3.74. The quantitative estimate of drug-likeness (QED) is 0.298. The van der Waals surface area contributed by atoms with Gasteiger partial charge in [-0.3, -0.25) is 9.52 Å². The minimum absolute atomic E-state index is 0.186. The molecule has 2 aromatic carbocycles. The van der Waals surface area contributed by atoms with E-state index in [0.29, 0.717) is 17.2 Å². The third-order valence-electron chi connectivity index (χ3n) is 7.05. The summed E-state index contributed by atoms with van der Waals surface area (Å²) in [6.45, 7) is 12.3. The lowest BCUT2D eigenvalue weighted by Crippen LogP contribution is -2.38. The molecule has 1 amide bonds. The molecule has 0 saturated heterocycles. The lowest BCUT2D eigenvalue weighted by atomic mass is 9.86. The molecule has 1 aliphatic heterocycles. The molecular weight excluding hydrogens is 542 g/mol. The lowest BCUT2D eigenvalue weighted by molar-refractivity contribution is -0.659. The van der Waals surface area contributed by atoms with E-state index in [1.807, 2.05) is 53.2 Å². The predicted molar refractivity (Wildman–Crippen MR) is 160 cm³/mol. The summed E-state index contributed by atoms with van der Waals surface area (Å²) in [7, 11) is -0.126. The van der Waals surface area contributed by atoms with Crippen LogP contribution in [-0.2, 0) is 15.4 Å². The van der Waals surface area contributed by atoms with Gasteiger partial charge in [-0.15, -0.1) is 4.68 Å². The van der Waals surface area contributed by atoms with E-state index in [1.165, 1.54) is 7.11 Å². The van der Waals surface area contributed by atoms with Crippen LogP contribution in [0, 0.1) is 12.8 Å². The van der Waals surface area contributed by atoms with Crippen molar-refractivity contribution >= 4 is 33.0 Å². The Balaban J connectivity index is 1.66. The number of hydrogen-bond acceptors (Lipinski definition) is 7. The molecule has 1 unspecified atom stereocenters. The Hall–Kier alpha value is -4.06. The zero-order valence-electron chi connectivity index (χ0n) is 25.1. The van der Waals surface area contributed by atoms with Crippen LogP contribution in [0.15, 0.2) is 42.7 Å². The van der Waals surface area contributed by atoms with Gasteiger partial charge in [0.15, 0.2) is 17.6 Å². The number of aromatic amines is 1. The van der Waals surface area contributed by atoms with Crippen LogP contribution in [0.1, 0.15) is 61.8 Å². The fourth-order valence-electron chi connectivity index (χ4n) is 4.81. The van der Waals surface area contributed by atoms with Crippen LogP contribution in [-0.4, -0.2) is 56.1 Å². The molecule has 0 aliphatic carbocycles. The highest BCUT2D eigenvalue weighted by molar-refractivity contribution is 7.92. The van der Waals surface area contributed by atoms with Crippen LogP contribution in [0.5, 0.6) is 5.75 Å². The third-order valence-corrected chi connectivity index (χ3v) is 7.64. The largest absolute Gasteiger partial charge is 0.492 e. The van der Waals surface area contributed by atoms with Crippen molar-refractivity contribution in [2.24, 2.45) is 5.92 Å². The van der Waals surface area contributed by atoms with E-state index in [2.05, 4.69) is 44.4 Å². The van der Waals surface area contributed by atoms with Crippen molar-refractivity contribution in [3.05, 3.63) is 65.1 Å². The zero-order valence-corrected chi connectivity index (χ0v) is 25.9. The third kappa shape index (κ3) is 6.48. The van der Waals surface area contributed by atoms with Gasteiger partial charge in [0.25, 0.3) is 11.6 Å². The molecule has 11 nitrogen and oxygen atoms in total. The number of H-pyrrole nitrogens is 1. The monoisotopic (exact) mass is 582 g/mol. The molecule has 3 aromatic rings. The van der Waals surface area contributed by atoms with Gasteiger partial charge in [0, 0.05) is 30.0 Å². The molecule has 12 heteroatoms. The second-order valence-corrected chi connectivity index (χ2v) is 13.5. The van der Waals surface area contributed by atoms with E-state index < -0.39 is 10.0 Å². The molecular formula is C29H40N7O4S+. The fraction of sp³-hybridized carbons (Fsp3) is 0.414. The number of ether oxygens (including phenoxy) is 1. The number of amides is 1. The highest BCUT2D eigenvalue weighted by Gasteiger charge is 2.30. The first-order valence-corrected chi connectivity index (χ1v) is 15.3. The molecule has 220 valence electrons. The first kappa shape index (κ1) is 29.9. The van der Waals surface area contributed by atoms with Gasteiger partial charge in [-0.2, -0.15) is 0 Å². The smallest absolute Gasteiger partial charge is 0.266 e. The van der Waals surface area contributed by atoms with Gasteiger partial charge in [-0.1, -0.05) is 45.9 Å². The highest BCUT2D eigenvalue weighted by atomic mass is 32.2. The normalized spacial score (nSPS) is 15.5. The van der Waals surface area contributed by atoms with Crippen molar-refractivity contribution in [2.45, 2.75) is 53.1 Å². The number of aromatic nitrogens is 3. The topological polar surface area (TPSA) is 132 Å². The number of methoxy groups -OCH3 is 1. The van der Waals surface area contributed by atoms with E-state index in [4.69, 9.17) is 4.74 Å². The molecule has 4 N–H and O–H groups in total. The van der Waals surface area contributed by atoms with Crippen LogP contribution >= 0.6 is 0 Å². The Kier molecular flexibility index (Phi) is 8.08. The number of aryl methyl sites for hydroxylation is 1. The number of sulfonamides is 1. The van der Waals surface area contributed by atoms with Crippen molar-refractivity contribution in [2.75, 3.05) is 30.5 Å². The summed E-state index contributed by atoms with van der Waals surface area (Å²) < 4.78 is 34.0. The summed E-state index contributed by atoms with van der Waals surface area (Å²) in [6, 6.07) is 8.92. The Bertz CT molecular complexity index is 1600. The summed E-state index contributed by atoms with van der Waals surface area (Å²) in [5.74, 6) is 0.264. The molecule has 1 aliphatic rings. The van der Waals surface area contributed by atoms with E-state index in [0.717, 1.165) is 34.5 Å². The van der Waals surface area contributed by atoms with Gasteiger partial charge in [0.2, 0.25) is 10.0 Å². The minimum atomic E-state index is -3.59. The molecule has 0 bridgehead atoms. The number of nitrogens with one attached hydrogen (secondary N) is 4. The van der Waals surface area contributed by atoms with Gasteiger partial charge in [0.1, 0.15) is 11.9 Å². The Morgan fingerprint density at radius 1 is 1.17 bits per heavy atom. The summed E-state index contributed by atoms with van der Waals surface area (Å²) in [5, 5.41) is 13.9. The number of nitrogens with zero attached hydrogens (tertiary/aromatic N) is 3. The van der Waals surface area contributed by atoms with Crippen molar-refractivity contribution < 1.29 is 22.6 Å². The maximum Gasteiger partial charge on any atom is 0.266 e. The zero-order chi connectivity index (χ0) is 30.3. The summed E-state index contributed by atoms with van der Waals surface area (Å²) >= 11 is 0. The standard InChI is InChI=1S/C29H39N7O4S/c1-17(2)27-30-15-25(35(27)7)23-16-36(34-32-23)24-12-19(11-10-18(24)3)28(37)31-21-13-20(29(4,5)6)14-22(26(21)40-8)33-41(9,38)39/h10-17,27,30,33H,1-9H3,(H,31,37)/p+1. The van der Waals surface area contributed by atoms with Gasteiger partial charge in [0.05, 0.1) is 24.7 Å². The van der Waals surface area contributed by atoms with Gasteiger partial charge < -0.3 is 20.3 Å². The first-order chi connectivity index (χ1) is 19.1. The van der Waals surface area contributed by atoms with Crippen molar-refractivity contribution in [1.82, 2.24) is 20.5 Å². The van der Waals surface area contributed by atoms with E-state index >= 15 is 0 Å². The molecule has 4 rings (SSSR count). The number of carbonyl (C=O) groups is 1. The molecule has 41 heavy (non-hydrogen) atoms. The molecule has 0 radical (unpaired) electrons. The average Bonchev–Trinajstić information content (AvgIpc) is 3.49. The van der Waals surface area contributed by atoms with Gasteiger partial charge in [-0.25, -0.2) is 8.42 Å². The summed E-state index contributed by atoms with van der Waals surface area (Å²) in [6.07, 6.45) is 5.12. The van der Waals surface area contributed by atoms with Crippen LogP contribution in [0.3, 0.4) is 0 Å². The number of anilines is 2. The van der Waals surface area contributed by atoms with Crippen LogP contribution in [0.4, 0.5) is 11.4 Å². The molecule has 0 spiro atoms. The number of carbonyl (C=O) groups excluding carboxylic acids is 1. The SMILES string of the molecule is COc1c(NC(=O)c2ccc(C)c(-[n+]3cc(C4=CNC(C(C)C)N4C)n[nH]3)c2)cc(C(C)(C)C)cc1NS(C)(=O)=O. The first-order valence-electron chi connectivity index (χ1n) is 13.4. The molecule has 2 heterocycles. The van der Waals surface area contributed by atoms with Crippen molar-refractivity contribution in [3.63, 3.8) is 0 Å². The van der Waals surface area contributed by atoms with Crippen LogP contribution in [0.2, 0.25) is 0 Å². The Morgan fingerprint density at radius 3 is 2.44 bits per heavy atom. The molecule has 0 saturated carbocycles. The van der Waals surface area contributed by atoms with Crippen LogP contribution < -0.4 is 24.8 Å². The molecule has 1 aromatic heterocycles. The number of hydrogen-bond donors (Lipinski definition) is 4. The Morgan fingerprint density at radius 2 is 1.85 bits per heavy atom. The lowest BCUT2D eigenvalue weighted by Gasteiger charge is -2.26. The van der Waals surface area contributed by atoms with E-state index in [9.17, 15) is 13.2 Å². The molecule has 1 atom stereocenters. The van der Waals surface area contributed by atoms with Gasteiger partial charge in [-0.05, 0) is 47.6 Å². The fourth-order valence-corrected chi connectivity index (χ4v) is 5.36. The Labute approximate surface area is 242 Å². The van der Waals surface area contributed by atoms with Crippen molar-refractivity contribution in [1.29, 1.82) is 0 Å². The number of rotatable bonds is 8. The minimum Gasteiger partial charge on any atom is -0.492 e. The van der Waals surface area contributed by atoms with E-state index in [-0.39, 0.29) is 28.9 Å². The second kappa shape index (κ2) is 11.1. The summed E-state index contributed by atoms with van der Waals surface area (Å²) in [4.78, 5) is 15.7. The highest BCUT2D eigenvalue weighted by Crippen LogP contribution is 2.39. The summed E-state index contributed by atoms with van der Waals surface area (Å²) in [5.41, 5.74) is 4.97. The van der Waals surface area contributed by atoms with Gasteiger partial charge >= 0.3 is 0 Å². The van der Waals surface area contributed by atoms with Crippen molar-refractivity contribution in [3.8, 4) is 11.4 Å². The van der Waals surface area contributed by atoms with Crippen LogP contribution in [0.25, 0.3) is 11.4 Å². The van der Waals surface area contributed by atoms with E-state index in [1.54, 1.807) is 28.9 Å². The average molecular weight is 583 g/mol. The maximum atomic E-state index is 13.5. The number of benzene rings is 2. The molecule has 0 fully saturated rings.